The summed E-state index contributed by atoms with van der Waals surface area (Å²) in [4.78, 5) is 9.86. The van der Waals surface area contributed by atoms with E-state index in [4.69, 9.17) is 0 Å². The molecule has 90 valence electrons. The highest BCUT2D eigenvalue weighted by atomic mass is 15.2. The largest absolute Gasteiger partial charge is 0.348 e. The molecular formula is C12H22N4. The van der Waals surface area contributed by atoms with Crippen LogP contribution in [0.4, 0.5) is 0 Å². The Morgan fingerprint density at radius 3 is 3.12 bits per heavy atom. The first-order valence-electron chi connectivity index (χ1n) is 6.18. The zero-order valence-electron chi connectivity index (χ0n) is 10.2. The molecule has 0 spiro atoms. The van der Waals surface area contributed by atoms with E-state index in [-0.39, 0.29) is 0 Å². The average Bonchev–Trinajstić information content (AvgIpc) is 2.87. The second-order valence-electron chi connectivity index (χ2n) is 4.91. The second-order valence-corrected chi connectivity index (χ2v) is 4.91. The van der Waals surface area contributed by atoms with Gasteiger partial charge in [0.05, 0.1) is 6.54 Å². The molecule has 1 aromatic heterocycles. The van der Waals surface area contributed by atoms with E-state index < -0.39 is 0 Å². The van der Waals surface area contributed by atoms with E-state index in [9.17, 15) is 0 Å². The highest BCUT2D eigenvalue weighted by molar-refractivity contribution is 4.86. The van der Waals surface area contributed by atoms with Crippen molar-refractivity contribution in [3.05, 3.63) is 18.2 Å². The van der Waals surface area contributed by atoms with Crippen LogP contribution >= 0.6 is 0 Å². The second kappa shape index (κ2) is 5.46. The van der Waals surface area contributed by atoms with Gasteiger partial charge in [-0.1, -0.05) is 0 Å². The molecule has 0 saturated carbocycles. The van der Waals surface area contributed by atoms with Crippen molar-refractivity contribution in [1.82, 2.24) is 20.2 Å². The van der Waals surface area contributed by atoms with Gasteiger partial charge >= 0.3 is 0 Å². The molecule has 4 heteroatoms. The van der Waals surface area contributed by atoms with Crippen molar-refractivity contribution < 1.29 is 0 Å². The van der Waals surface area contributed by atoms with E-state index in [1.165, 1.54) is 19.5 Å². The fourth-order valence-corrected chi connectivity index (χ4v) is 2.29. The summed E-state index contributed by atoms with van der Waals surface area (Å²) in [6, 6.07) is 0.690. The van der Waals surface area contributed by atoms with Crippen LogP contribution in [-0.2, 0) is 6.54 Å². The third-order valence-corrected chi connectivity index (χ3v) is 3.33. The summed E-state index contributed by atoms with van der Waals surface area (Å²) in [5, 5.41) is 3.47. The van der Waals surface area contributed by atoms with Crippen LogP contribution in [0.1, 0.15) is 26.1 Å². The molecule has 1 atom stereocenters. The summed E-state index contributed by atoms with van der Waals surface area (Å²) in [6.45, 7) is 9.00. The van der Waals surface area contributed by atoms with Gasteiger partial charge in [0.15, 0.2) is 0 Å². The molecule has 0 bridgehead atoms. The SMILES string of the molecule is CC(C)N1CCC(CNCc2ncc[nH]2)C1. The number of likely N-dealkylation sites (tertiary alicyclic amines) is 1. The molecule has 1 unspecified atom stereocenters. The summed E-state index contributed by atoms with van der Waals surface area (Å²) in [7, 11) is 0. The Morgan fingerprint density at radius 1 is 1.62 bits per heavy atom. The molecule has 2 heterocycles. The molecule has 2 rings (SSSR count). The predicted molar refractivity (Wildman–Crippen MR) is 65.1 cm³/mol. The summed E-state index contributed by atoms with van der Waals surface area (Å²) in [6.07, 6.45) is 4.99. The lowest BCUT2D eigenvalue weighted by molar-refractivity contribution is 0.264. The van der Waals surface area contributed by atoms with E-state index in [0.29, 0.717) is 6.04 Å². The number of imidazole rings is 1. The van der Waals surface area contributed by atoms with Crippen molar-refractivity contribution in [2.75, 3.05) is 19.6 Å². The first-order chi connectivity index (χ1) is 7.75. The van der Waals surface area contributed by atoms with Crippen LogP contribution in [0.25, 0.3) is 0 Å². The van der Waals surface area contributed by atoms with Crippen LogP contribution in [-0.4, -0.2) is 40.5 Å². The Morgan fingerprint density at radius 2 is 2.50 bits per heavy atom. The van der Waals surface area contributed by atoms with Gasteiger partial charge in [0.2, 0.25) is 0 Å². The molecule has 0 aliphatic carbocycles. The molecule has 0 aromatic carbocycles. The molecule has 1 fully saturated rings. The molecule has 1 aliphatic rings. The molecule has 1 aromatic rings. The number of nitrogens with one attached hydrogen (secondary N) is 2. The highest BCUT2D eigenvalue weighted by Gasteiger charge is 2.23. The minimum atomic E-state index is 0.690. The number of hydrogen-bond donors (Lipinski definition) is 2. The van der Waals surface area contributed by atoms with Gasteiger partial charge in [-0.15, -0.1) is 0 Å². The average molecular weight is 222 g/mol. The molecule has 2 N–H and O–H groups in total. The number of aromatic nitrogens is 2. The van der Waals surface area contributed by atoms with Crippen molar-refractivity contribution >= 4 is 0 Å². The lowest BCUT2D eigenvalue weighted by Crippen LogP contribution is -2.30. The highest BCUT2D eigenvalue weighted by Crippen LogP contribution is 2.17. The van der Waals surface area contributed by atoms with Crippen molar-refractivity contribution in [3.8, 4) is 0 Å². The van der Waals surface area contributed by atoms with Crippen molar-refractivity contribution in [3.63, 3.8) is 0 Å². The van der Waals surface area contributed by atoms with Crippen LogP contribution < -0.4 is 5.32 Å². The summed E-state index contributed by atoms with van der Waals surface area (Å²) >= 11 is 0. The van der Waals surface area contributed by atoms with E-state index in [2.05, 4.69) is 34.0 Å². The zero-order valence-corrected chi connectivity index (χ0v) is 10.2. The maximum atomic E-state index is 4.20. The van der Waals surface area contributed by atoms with Gasteiger partial charge in [0.25, 0.3) is 0 Å². The quantitative estimate of drug-likeness (QED) is 0.787. The summed E-state index contributed by atoms with van der Waals surface area (Å²) in [5.74, 6) is 1.83. The molecule has 16 heavy (non-hydrogen) atoms. The van der Waals surface area contributed by atoms with Crippen molar-refractivity contribution in [2.45, 2.75) is 32.9 Å². The predicted octanol–water partition coefficient (Wildman–Crippen LogP) is 1.23. The van der Waals surface area contributed by atoms with Crippen molar-refractivity contribution in [2.24, 2.45) is 5.92 Å². The maximum Gasteiger partial charge on any atom is 0.120 e. The fraction of sp³-hybridized carbons (Fsp3) is 0.750. The van der Waals surface area contributed by atoms with Gasteiger partial charge in [-0.05, 0) is 39.3 Å². The van der Waals surface area contributed by atoms with Gasteiger partial charge < -0.3 is 15.2 Å². The number of H-pyrrole nitrogens is 1. The van der Waals surface area contributed by atoms with Gasteiger partial charge in [-0.25, -0.2) is 4.98 Å². The molecule has 1 saturated heterocycles. The number of rotatable bonds is 5. The smallest absolute Gasteiger partial charge is 0.120 e. The first-order valence-corrected chi connectivity index (χ1v) is 6.18. The molecule has 0 radical (unpaired) electrons. The van der Waals surface area contributed by atoms with Crippen LogP contribution in [0.15, 0.2) is 12.4 Å². The summed E-state index contributed by atoms with van der Waals surface area (Å²) < 4.78 is 0. The number of nitrogens with zero attached hydrogens (tertiary/aromatic N) is 2. The lowest BCUT2D eigenvalue weighted by atomic mass is 10.1. The van der Waals surface area contributed by atoms with Crippen LogP contribution in [0.2, 0.25) is 0 Å². The van der Waals surface area contributed by atoms with Crippen molar-refractivity contribution in [1.29, 1.82) is 0 Å². The van der Waals surface area contributed by atoms with Gasteiger partial charge in [0, 0.05) is 25.0 Å². The van der Waals surface area contributed by atoms with E-state index in [0.717, 1.165) is 24.8 Å². The molecule has 4 nitrogen and oxygen atoms in total. The third-order valence-electron chi connectivity index (χ3n) is 3.33. The molecular weight excluding hydrogens is 200 g/mol. The normalized spacial score (nSPS) is 22.1. The topological polar surface area (TPSA) is 44.0 Å². The minimum Gasteiger partial charge on any atom is -0.348 e. The number of aromatic amines is 1. The Hall–Kier alpha value is -0.870. The Kier molecular flexibility index (Phi) is 3.96. The summed E-state index contributed by atoms with van der Waals surface area (Å²) in [5.41, 5.74) is 0. The third kappa shape index (κ3) is 3.06. The standard InChI is InChI=1S/C12H22N4/c1-10(2)16-6-3-11(9-16)7-13-8-12-14-4-5-15-12/h4-5,10-11,13H,3,6-9H2,1-2H3,(H,14,15). The first kappa shape index (κ1) is 11.6. The van der Waals surface area contributed by atoms with E-state index >= 15 is 0 Å². The van der Waals surface area contributed by atoms with Gasteiger partial charge in [-0.3, -0.25) is 0 Å². The number of hydrogen-bond acceptors (Lipinski definition) is 3. The van der Waals surface area contributed by atoms with E-state index in [1.54, 1.807) is 6.20 Å². The molecule has 0 amide bonds. The Bertz CT molecular complexity index is 294. The van der Waals surface area contributed by atoms with Crippen LogP contribution in [0.3, 0.4) is 0 Å². The van der Waals surface area contributed by atoms with Gasteiger partial charge in [0.1, 0.15) is 5.82 Å². The van der Waals surface area contributed by atoms with Gasteiger partial charge in [-0.2, -0.15) is 0 Å². The maximum absolute atomic E-state index is 4.20. The van der Waals surface area contributed by atoms with Crippen LogP contribution in [0.5, 0.6) is 0 Å². The van der Waals surface area contributed by atoms with E-state index in [1.807, 2.05) is 6.20 Å². The Balaban J connectivity index is 1.64. The zero-order chi connectivity index (χ0) is 11.4. The van der Waals surface area contributed by atoms with Crippen LogP contribution in [0, 0.1) is 5.92 Å². The fourth-order valence-electron chi connectivity index (χ4n) is 2.29. The lowest BCUT2D eigenvalue weighted by Gasteiger charge is -2.20. The Labute approximate surface area is 97.4 Å². The molecule has 1 aliphatic heterocycles. The monoisotopic (exact) mass is 222 g/mol. The minimum absolute atomic E-state index is 0.690.